The Bertz CT molecular complexity index is 553. The summed E-state index contributed by atoms with van der Waals surface area (Å²) in [5, 5.41) is 3.20. The van der Waals surface area contributed by atoms with Crippen molar-refractivity contribution in [1.29, 1.82) is 0 Å². The molecular formula is C18H26N2O3. The smallest absolute Gasteiger partial charge is 0.237 e. The first-order chi connectivity index (χ1) is 11.0. The highest BCUT2D eigenvalue weighted by Gasteiger charge is 2.31. The van der Waals surface area contributed by atoms with Gasteiger partial charge in [-0.1, -0.05) is 18.2 Å². The maximum atomic E-state index is 12.7. The molecule has 1 aromatic carbocycles. The summed E-state index contributed by atoms with van der Waals surface area (Å²) in [4.78, 5) is 14.9. The minimum atomic E-state index is -0.154. The fourth-order valence-electron chi connectivity index (χ4n) is 3.48. The molecule has 23 heavy (non-hydrogen) atoms. The standard InChI is InChI=1S/C18H26N2O3/c1-12-10-20(11-13(2)23-12)14(3)18(21)19-16-8-9-22-17-7-5-4-6-15(16)17/h4-7,12-14,16H,8-11H2,1-3H3,(H,19,21)/t12-,13+,14-,16-/m1/s1. The van der Waals surface area contributed by atoms with Gasteiger partial charge >= 0.3 is 0 Å². The second kappa shape index (κ2) is 6.89. The van der Waals surface area contributed by atoms with Gasteiger partial charge in [0.1, 0.15) is 5.75 Å². The monoisotopic (exact) mass is 318 g/mol. The van der Waals surface area contributed by atoms with Crippen LogP contribution in [0.3, 0.4) is 0 Å². The van der Waals surface area contributed by atoms with E-state index < -0.39 is 0 Å². The Morgan fingerprint density at radius 3 is 2.70 bits per heavy atom. The highest BCUT2D eigenvalue weighted by atomic mass is 16.5. The number of nitrogens with one attached hydrogen (secondary N) is 1. The van der Waals surface area contributed by atoms with Crippen LogP contribution in [0.2, 0.25) is 0 Å². The average Bonchev–Trinajstić information content (AvgIpc) is 2.53. The number of rotatable bonds is 3. The molecule has 1 N–H and O–H groups in total. The highest BCUT2D eigenvalue weighted by molar-refractivity contribution is 5.82. The molecule has 1 amide bonds. The van der Waals surface area contributed by atoms with Gasteiger partial charge in [-0.2, -0.15) is 0 Å². The van der Waals surface area contributed by atoms with E-state index in [4.69, 9.17) is 9.47 Å². The zero-order chi connectivity index (χ0) is 16.4. The number of ether oxygens (including phenoxy) is 2. The van der Waals surface area contributed by atoms with Crippen molar-refractivity contribution in [3.63, 3.8) is 0 Å². The number of benzene rings is 1. The molecular weight excluding hydrogens is 292 g/mol. The topological polar surface area (TPSA) is 50.8 Å². The third-order valence-corrected chi connectivity index (χ3v) is 4.65. The van der Waals surface area contributed by atoms with Gasteiger partial charge < -0.3 is 14.8 Å². The minimum Gasteiger partial charge on any atom is -0.493 e. The molecule has 3 rings (SSSR count). The first-order valence-corrected chi connectivity index (χ1v) is 8.46. The number of amides is 1. The Kier molecular flexibility index (Phi) is 4.87. The lowest BCUT2D eigenvalue weighted by molar-refractivity contribution is -0.132. The number of hydrogen-bond donors (Lipinski definition) is 1. The molecule has 5 heteroatoms. The molecule has 4 atom stereocenters. The van der Waals surface area contributed by atoms with Crippen molar-refractivity contribution in [3.05, 3.63) is 29.8 Å². The van der Waals surface area contributed by atoms with Gasteiger partial charge in [-0.3, -0.25) is 9.69 Å². The van der Waals surface area contributed by atoms with Crippen LogP contribution in [-0.2, 0) is 9.53 Å². The quantitative estimate of drug-likeness (QED) is 0.927. The first kappa shape index (κ1) is 16.3. The summed E-state index contributed by atoms with van der Waals surface area (Å²) in [6, 6.07) is 7.82. The van der Waals surface area contributed by atoms with Gasteiger partial charge in [0.25, 0.3) is 0 Å². The minimum absolute atomic E-state index is 0.0331. The molecule has 1 saturated heterocycles. The zero-order valence-electron chi connectivity index (χ0n) is 14.1. The van der Waals surface area contributed by atoms with Crippen molar-refractivity contribution in [1.82, 2.24) is 10.2 Å². The number of fused-ring (bicyclic) bond motifs is 1. The largest absolute Gasteiger partial charge is 0.493 e. The number of nitrogens with zero attached hydrogens (tertiary/aromatic N) is 1. The van der Waals surface area contributed by atoms with E-state index in [1.807, 2.05) is 31.2 Å². The number of para-hydroxylation sites is 1. The highest BCUT2D eigenvalue weighted by Crippen LogP contribution is 2.31. The molecule has 2 aliphatic rings. The lowest BCUT2D eigenvalue weighted by Gasteiger charge is -2.38. The number of carbonyl (C=O) groups is 1. The number of morpholine rings is 1. The second-order valence-electron chi connectivity index (χ2n) is 6.62. The maximum absolute atomic E-state index is 12.7. The normalized spacial score (nSPS) is 29.3. The van der Waals surface area contributed by atoms with E-state index in [1.54, 1.807) is 0 Å². The maximum Gasteiger partial charge on any atom is 0.237 e. The van der Waals surface area contributed by atoms with Crippen molar-refractivity contribution < 1.29 is 14.3 Å². The molecule has 0 aromatic heterocycles. The van der Waals surface area contributed by atoms with Crippen molar-refractivity contribution >= 4 is 5.91 Å². The lowest BCUT2D eigenvalue weighted by Crippen LogP contribution is -2.54. The van der Waals surface area contributed by atoms with Crippen LogP contribution < -0.4 is 10.1 Å². The van der Waals surface area contributed by atoms with E-state index in [0.717, 1.165) is 30.8 Å². The Balaban J connectivity index is 1.65. The number of carbonyl (C=O) groups excluding carboxylic acids is 1. The van der Waals surface area contributed by atoms with Crippen molar-refractivity contribution in [3.8, 4) is 5.75 Å². The molecule has 0 aliphatic carbocycles. The van der Waals surface area contributed by atoms with Crippen LogP contribution in [0.1, 0.15) is 38.8 Å². The second-order valence-corrected chi connectivity index (χ2v) is 6.62. The summed E-state index contributed by atoms with van der Waals surface area (Å²) in [5.41, 5.74) is 1.07. The molecule has 0 spiro atoms. The Morgan fingerprint density at radius 1 is 1.26 bits per heavy atom. The lowest BCUT2D eigenvalue weighted by atomic mass is 10.00. The summed E-state index contributed by atoms with van der Waals surface area (Å²) in [7, 11) is 0. The molecule has 2 aliphatic heterocycles. The Hall–Kier alpha value is -1.59. The van der Waals surface area contributed by atoms with Gasteiger partial charge in [0.2, 0.25) is 5.91 Å². The summed E-state index contributed by atoms with van der Waals surface area (Å²) in [6.45, 7) is 8.32. The van der Waals surface area contributed by atoms with E-state index in [9.17, 15) is 4.79 Å². The van der Waals surface area contributed by atoms with E-state index in [2.05, 4.69) is 24.1 Å². The fraction of sp³-hybridized carbons (Fsp3) is 0.611. The van der Waals surface area contributed by atoms with Gasteiger partial charge in [-0.05, 0) is 26.8 Å². The van der Waals surface area contributed by atoms with E-state index >= 15 is 0 Å². The van der Waals surface area contributed by atoms with E-state index in [-0.39, 0.29) is 30.2 Å². The van der Waals surface area contributed by atoms with Gasteiger partial charge in [-0.15, -0.1) is 0 Å². The van der Waals surface area contributed by atoms with Crippen molar-refractivity contribution in [2.75, 3.05) is 19.7 Å². The summed E-state index contributed by atoms with van der Waals surface area (Å²) < 4.78 is 11.4. The molecule has 1 aromatic rings. The molecule has 1 fully saturated rings. The summed E-state index contributed by atoms with van der Waals surface area (Å²) in [6.07, 6.45) is 1.14. The van der Waals surface area contributed by atoms with Crippen LogP contribution in [0.25, 0.3) is 0 Å². The third kappa shape index (κ3) is 3.67. The number of hydrogen-bond acceptors (Lipinski definition) is 4. The predicted molar refractivity (Wildman–Crippen MR) is 88.5 cm³/mol. The van der Waals surface area contributed by atoms with Crippen molar-refractivity contribution in [2.24, 2.45) is 0 Å². The van der Waals surface area contributed by atoms with Crippen LogP contribution in [0, 0.1) is 0 Å². The first-order valence-electron chi connectivity index (χ1n) is 8.46. The molecule has 0 saturated carbocycles. The molecule has 126 valence electrons. The Labute approximate surface area is 137 Å². The van der Waals surface area contributed by atoms with Crippen LogP contribution >= 0.6 is 0 Å². The SMILES string of the molecule is C[C@@H]1CN([C@H](C)C(=O)N[C@@H]2CCOc3ccccc32)C[C@H](C)O1. The van der Waals surface area contributed by atoms with E-state index in [0.29, 0.717) is 6.61 Å². The summed E-state index contributed by atoms with van der Waals surface area (Å²) >= 11 is 0. The van der Waals surface area contributed by atoms with Crippen molar-refractivity contribution in [2.45, 2.75) is 51.5 Å². The van der Waals surface area contributed by atoms with Crippen LogP contribution in [0.4, 0.5) is 0 Å². The third-order valence-electron chi connectivity index (χ3n) is 4.65. The zero-order valence-corrected chi connectivity index (χ0v) is 14.1. The van der Waals surface area contributed by atoms with Gasteiger partial charge in [0.15, 0.2) is 0 Å². The molecule has 0 bridgehead atoms. The predicted octanol–water partition coefficient (Wildman–Crippen LogP) is 2.12. The van der Waals surface area contributed by atoms with Crippen LogP contribution in [-0.4, -0.2) is 48.8 Å². The fourth-order valence-corrected chi connectivity index (χ4v) is 3.48. The van der Waals surface area contributed by atoms with Gasteiger partial charge in [0, 0.05) is 25.1 Å². The van der Waals surface area contributed by atoms with Gasteiger partial charge in [0.05, 0.1) is 30.9 Å². The van der Waals surface area contributed by atoms with Crippen LogP contribution in [0.15, 0.2) is 24.3 Å². The average molecular weight is 318 g/mol. The summed E-state index contributed by atoms with van der Waals surface area (Å²) in [5.74, 6) is 0.957. The van der Waals surface area contributed by atoms with E-state index in [1.165, 1.54) is 0 Å². The van der Waals surface area contributed by atoms with Gasteiger partial charge in [-0.25, -0.2) is 0 Å². The molecule has 0 unspecified atom stereocenters. The Morgan fingerprint density at radius 2 is 1.96 bits per heavy atom. The molecule has 5 nitrogen and oxygen atoms in total. The molecule has 2 heterocycles. The molecule has 0 radical (unpaired) electrons. The van der Waals surface area contributed by atoms with Crippen LogP contribution in [0.5, 0.6) is 5.75 Å².